The van der Waals surface area contributed by atoms with Gasteiger partial charge < -0.3 is 15.3 Å². The number of carbonyl (C=O) groups is 1. The van der Waals surface area contributed by atoms with Crippen LogP contribution >= 0.6 is 0 Å². The fraction of sp³-hybridized carbons (Fsp3) is 0.625. The Morgan fingerprint density at radius 3 is 2.90 bits per heavy atom. The Bertz CT molecular complexity index is 497. The minimum atomic E-state index is -0.0917. The van der Waals surface area contributed by atoms with Gasteiger partial charge in [0, 0.05) is 13.1 Å². The highest BCUT2D eigenvalue weighted by Crippen LogP contribution is 2.20. The second-order valence-electron chi connectivity index (χ2n) is 6.80. The normalized spacial score (nSPS) is 18.9. The van der Waals surface area contributed by atoms with Gasteiger partial charge in [0.1, 0.15) is 11.5 Å². The Kier molecular flexibility index (Phi) is 4.83. The molecule has 1 aromatic heterocycles. The van der Waals surface area contributed by atoms with Crippen molar-refractivity contribution in [2.75, 3.05) is 25.0 Å². The van der Waals surface area contributed by atoms with Crippen LogP contribution in [0.4, 0.5) is 5.82 Å². The van der Waals surface area contributed by atoms with Crippen LogP contribution in [0.1, 0.15) is 44.1 Å². The van der Waals surface area contributed by atoms with Crippen molar-refractivity contribution < 1.29 is 9.90 Å². The molecule has 21 heavy (non-hydrogen) atoms. The highest BCUT2D eigenvalue weighted by molar-refractivity contribution is 5.93. The monoisotopic (exact) mass is 291 g/mol. The summed E-state index contributed by atoms with van der Waals surface area (Å²) in [5.74, 6) is 0.626. The average molecular weight is 291 g/mol. The molecule has 5 heteroatoms. The summed E-state index contributed by atoms with van der Waals surface area (Å²) in [6.07, 6.45) is 1.81. The van der Waals surface area contributed by atoms with E-state index in [2.05, 4.69) is 31.1 Å². The Morgan fingerprint density at radius 2 is 2.24 bits per heavy atom. The SMILES string of the molecule is CC(C)(C)CNc1cccc(C(=O)N2CCC[C@H]2CO)n1. The van der Waals surface area contributed by atoms with Gasteiger partial charge in [-0.1, -0.05) is 26.8 Å². The number of aliphatic hydroxyl groups excluding tert-OH is 1. The first-order chi connectivity index (χ1) is 9.90. The zero-order valence-corrected chi connectivity index (χ0v) is 13.1. The van der Waals surface area contributed by atoms with Crippen LogP contribution in [-0.2, 0) is 0 Å². The summed E-state index contributed by atoms with van der Waals surface area (Å²) in [6.45, 7) is 7.95. The third kappa shape index (κ3) is 4.17. The first kappa shape index (κ1) is 15.8. The Balaban J connectivity index is 2.08. The molecule has 0 aromatic carbocycles. The van der Waals surface area contributed by atoms with Crippen LogP contribution in [0.3, 0.4) is 0 Å². The van der Waals surface area contributed by atoms with E-state index in [0.29, 0.717) is 12.2 Å². The molecule has 1 fully saturated rings. The van der Waals surface area contributed by atoms with Crippen molar-refractivity contribution in [2.45, 2.75) is 39.7 Å². The third-order valence-corrected chi connectivity index (χ3v) is 3.62. The van der Waals surface area contributed by atoms with Crippen molar-refractivity contribution in [1.82, 2.24) is 9.88 Å². The molecule has 5 nitrogen and oxygen atoms in total. The van der Waals surface area contributed by atoms with E-state index in [-0.39, 0.29) is 24.0 Å². The van der Waals surface area contributed by atoms with E-state index in [1.165, 1.54) is 0 Å². The Morgan fingerprint density at radius 1 is 1.48 bits per heavy atom. The molecule has 116 valence electrons. The molecule has 2 rings (SSSR count). The van der Waals surface area contributed by atoms with Gasteiger partial charge in [-0.3, -0.25) is 4.79 Å². The summed E-state index contributed by atoms with van der Waals surface area (Å²) >= 11 is 0. The quantitative estimate of drug-likeness (QED) is 0.892. The van der Waals surface area contributed by atoms with Crippen LogP contribution in [0.25, 0.3) is 0 Å². The van der Waals surface area contributed by atoms with Crippen LogP contribution in [0, 0.1) is 5.41 Å². The lowest BCUT2D eigenvalue weighted by Gasteiger charge is -2.23. The number of likely N-dealkylation sites (tertiary alicyclic amines) is 1. The lowest BCUT2D eigenvalue weighted by atomic mass is 9.97. The number of nitrogens with zero attached hydrogens (tertiary/aromatic N) is 2. The molecule has 0 aliphatic carbocycles. The zero-order valence-electron chi connectivity index (χ0n) is 13.1. The molecule has 0 saturated carbocycles. The number of hydrogen-bond donors (Lipinski definition) is 2. The van der Waals surface area contributed by atoms with E-state index in [1.807, 2.05) is 12.1 Å². The van der Waals surface area contributed by atoms with Crippen molar-refractivity contribution >= 4 is 11.7 Å². The third-order valence-electron chi connectivity index (χ3n) is 3.62. The second kappa shape index (κ2) is 6.43. The molecule has 0 bridgehead atoms. The summed E-state index contributed by atoms with van der Waals surface area (Å²) in [6, 6.07) is 5.38. The van der Waals surface area contributed by atoms with Crippen LogP contribution in [0.2, 0.25) is 0 Å². The Labute approximate surface area is 126 Å². The number of nitrogens with one attached hydrogen (secondary N) is 1. The molecular formula is C16H25N3O2. The minimum Gasteiger partial charge on any atom is -0.394 e. The van der Waals surface area contributed by atoms with Gasteiger partial charge in [-0.15, -0.1) is 0 Å². The number of aromatic nitrogens is 1. The van der Waals surface area contributed by atoms with Crippen LogP contribution in [0.5, 0.6) is 0 Å². The van der Waals surface area contributed by atoms with Gasteiger partial charge in [0.2, 0.25) is 0 Å². The lowest BCUT2D eigenvalue weighted by molar-refractivity contribution is 0.0672. The topological polar surface area (TPSA) is 65.5 Å². The van der Waals surface area contributed by atoms with Crippen molar-refractivity contribution in [3.63, 3.8) is 0 Å². The van der Waals surface area contributed by atoms with E-state index in [9.17, 15) is 9.90 Å². The summed E-state index contributed by atoms with van der Waals surface area (Å²) in [4.78, 5) is 18.6. The van der Waals surface area contributed by atoms with Crippen LogP contribution in [0.15, 0.2) is 18.2 Å². The van der Waals surface area contributed by atoms with Gasteiger partial charge in [0.15, 0.2) is 0 Å². The van der Waals surface area contributed by atoms with E-state index in [4.69, 9.17) is 0 Å². The molecule has 1 aromatic rings. The number of hydrogen-bond acceptors (Lipinski definition) is 4. The second-order valence-corrected chi connectivity index (χ2v) is 6.80. The number of rotatable bonds is 4. The molecule has 0 spiro atoms. The summed E-state index contributed by atoms with van der Waals surface area (Å²) < 4.78 is 0. The number of aliphatic hydroxyl groups is 1. The first-order valence-electron chi connectivity index (χ1n) is 7.53. The molecule has 2 N–H and O–H groups in total. The van der Waals surface area contributed by atoms with Gasteiger partial charge >= 0.3 is 0 Å². The maximum atomic E-state index is 12.5. The molecule has 0 unspecified atom stereocenters. The maximum Gasteiger partial charge on any atom is 0.272 e. The largest absolute Gasteiger partial charge is 0.394 e. The Hall–Kier alpha value is -1.62. The summed E-state index contributed by atoms with van der Waals surface area (Å²) in [7, 11) is 0. The molecule has 0 radical (unpaired) electrons. The van der Waals surface area contributed by atoms with Gasteiger partial charge in [-0.2, -0.15) is 0 Å². The number of pyridine rings is 1. The zero-order chi connectivity index (χ0) is 15.5. The van der Waals surface area contributed by atoms with E-state index < -0.39 is 0 Å². The maximum absolute atomic E-state index is 12.5. The standard InChI is InChI=1S/C16H25N3O2/c1-16(2,3)11-17-14-8-4-7-13(18-14)15(21)19-9-5-6-12(19)10-20/h4,7-8,12,20H,5-6,9-11H2,1-3H3,(H,17,18)/t12-/m0/s1. The number of amides is 1. The number of anilines is 1. The fourth-order valence-corrected chi connectivity index (χ4v) is 2.45. The smallest absolute Gasteiger partial charge is 0.272 e. The predicted octanol–water partition coefficient (Wildman–Crippen LogP) is 2.14. The molecule has 1 atom stereocenters. The molecule has 2 heterocycles. The van der Waals surface area contributed by atoms with Gasteiger partial charge in [-0.05, 0) is 30.4 Å². The van der Waals surface area contributed by atoms with Crippen LogP contribution < -0.4 is 5.32 Å². The molecule has 1 saturated heterocycles. The highest BCUT2D eigenvalue weighted by atomic mass is 16.3. The molecule has 1 amide bonds. The summed E-state index contributed by atoms with van der Waals surface area (Å²) in [5, 5.41) is 12.6. The average Bonchev–Trinajstić information content (AvgIpc) is 2.92. The van der Waals surface area contributed by atoms with Gasteiger partial charge in [0.05, 0.1) is 12.6 Å². The minimum absolute atomic E-state index is 0.0215. The molecular weight excluding hydrogens is 266 g/mol. The molecule has 1 aliphatic heterocycles. The lowest BCUT2D eigenvalue weighted by Crippen LogP contribution is -2.38. The van der Waals surface area contributed by atoms with Gasteiger partial charge in [0.25, 0.3) is 5.91 Å². The van der Waals surface area contributed by atoms with Crippen LogP contribution in [-0.4, -0.2) is 46.6 Å². The van der Waals surface area contributed by atoms with E-state index in [0.717, 1.165) is 25.2 Å². The van der Waals surface area contributed by atoms with E-state index >= 15 is 0 Å². The first-order valence-corrected chi connectivity index (χ1v) is 7.53. The number of carbonyl (C=O) groups excluding carboxylic acids is 1. The van der Waals surface area contributed by atoms with Crippen molar-refractivity contribution in [3.05, 3.63) is 23.9 Å². The molecule has 1 aliphatic rings. The summed E-state index contributed by atoms with van der Waals surface area (Å²) in [5.41, 5.74) is 0.591. The van der Waals surface area contributed by atoms with Gasteiger partial charge in [-0.25, -0.2) is 4.98 Å². The highest BCUT2D eigenvalue weighted by Gasteiger charge is 2.29. The van der Waals surface area contributed by atoms with E-state index in [1.54, 1.807) is 11.0 Å². The fourth-order valence-electron chi connectivity index (χ4n) is 2.45. The predicted molar refractivity (Wildman–Crippen MR) is 83.3 cm³/mol. The van der Waals surface area contributed by atoms with Crippen molar-refractivity contribution in [3.8, 4) is 0 Å². The van der Waals surface area contributed by atoms with Crippen molar-refractivity contribution in [2.24, 2.45) is 5.41 Å². The van der Waals surface area contributed by atoms with Crippen molar-refractivity contribution in [1.29, 1.82) is 0 Å².